The lowest BCUT2D eigenvalue weighted by Crippen LogP contribution is -2.00. The summed E-state index contributed by atoms with van der Waals surface area (Å²) in [5, 5.41) is 12.8. The highest BCUT2D eigenvalue weighted by Crippen LogP contribution is 2.11. The minimum Gasteiger partial charge on any atom is -0.476 e. The van der Waals surface area contributed by atoms with Crippen LogP contribution in [-0.4, -0.2) is 20.9 Å². The Bertz CT molecular complexity index is 372. The summed E-state index contributed by atoms with van der Waals surface area (Å²) in [5.41, 5.74) is 1.16. The van der Waals surface area contributed by atoms with Crippen LogP contribution in [0.25, 0.3) is 0 Å². The lowest BCUT2D eigenvalue weighted by molar-refractivity contribution is 0.0689. The number of nitrogens with zero attached hydrogens (tertiary/aromatic N) is 2. The van der Waals surface area contributed by atoms with Crippen molar-refractivity contribution in [2.45, 2.75) is 58.3 Å². The van der Waals surface area contributed by atoms with Gasteiger partial charge in [-0.1, -0.05) is 45.4 Å². The van der Waals surface area contributed by atoms with Crippen molar-refractivity contribution in [2.75, 3.05) is 0 Å². The van der Waals surface area contributed by atoms with Crippen molar-refractivity contribution in [1.29, 1.82) is 0 Å². The van der Waals surface area contributed by atoms with E-state index >= 15 is 0 Å². The topological polar surface area (TPSA) is 55.1 Å². The second kappa shape index (κ2) is 7.90. The molecule has 0 aliphatic rings. The smallest absolute Gasteiger partial charge is 0.356 e. The van der Waals surface area contributed by atoms with Crippen molar-refractivity contribution in [2.24, 2.45) is 7.05 Å². The number of aryl methyl sites for hydroxylation is 2. The predicted octanol–water partition coefficient (Wildman–Crippen LogP) is 3.41. The molecular formula is C14H24N2O2. The molecule has 0 saturated heterocycles. The van der Waals surface area contributed by atoms with Crippen molar-refractivity contribution in [3.05, 3.63) is 17.5 Å². The third kappa shape index (κ3) is 4.90. The van der Waals surface area contributed by atoms with Gasteiger partial charge in [0.2, 0.25) is 0 Å². The summed E-state index contributed by atoms with van der Waals surface area (Å²) in [6.45, 7) is 2.22. The van der Waals surface area contributed by atoms with Gasteiger partial charge in [0.25, 0.3) is 0 Å². The van der Waals surface area contributed by atoms with Crippen molar-refractivity contribution < 1.29 is 9.90 Å². The molecular weight excluding hydrogens is 228 g/mol. The fourth-order valence-corrected chi connectivity index (χ4v) is 2.11. The first-order valence-corrected chi connectivity index (χ1v) is 6.91. The average Bonchev–Trinajstić information content (AvgIpc) is 2.70. The molecule has 1 N–H and O–H groups in total. The number of hydrogen-bond donors (Lipinski definition) is 1. The molecule has 0 saturated carbocycles. The van der Waals surface area contributed by atoms with Crippen LogP contribution in [0.3, 0.4) is 0 Å². The maximum absolute atomic E-state index is 10.8. The SMILES string of the molecule is CCCCCCCCCc1cc(C(=O)O)nn1C. The van der Waals surface area contributed by atoms with E-state index in [1.54, 1.807) is 10.7 Å². The van der Waals surface area contributed by atoms with Crippen molar-refractivity contribution >= 4 is 5.97 Å². The van der Waals surface area contributed by atoms with E-state index in [9.17, 15) is 4.79 Å². The Hall–Kier alpha value is -1.32. The summed E-state index contributed by atoms with van der Waals surface area (Å²) in [5.74, 6) is -0.948. The number of aromatic nitrogens is 2. The Morgan fingerprint density at radius 2 is 1.83 bits per heavy atom. The summed E-state index contributed by atoms with van der Waals surface area (Å²) in [4.78, 5) is 10.8. The highest BCUT2D eigenvalue weighted by molar-refractivity contribution is 5.85. The zero-order chi connectivity index (χ0) is 13.4. The molecule has 0 unspecified atom stereocenters. The highest BCUT2D eigenvalue weighted by Gasteiger charge is 2.10. The first kappa shape index (κ1) is 14.7. The Morgan fingerprint density at radius 3 is 2.39 bits per heavy atom. The number of unbranched alkanes of at least 4 members (excludes halogenated alkanes) is 6. The molecule has 0 amide bonds. The van der Waals surface area contributed by atoms with Crippen LogP contribution in [0.1, 0.15) is 68.1 Å². The molecule has 1 heterocycles. The molecule has 0 aliphatic heterocycles. The van der Waals surface area contributed by atoms with Gasteiger partial charge in [0, 0.05) is 12.7 Å². The van der Waals surface area contributed by atoms with E-state index in [4.69, 9.17) is 5.11 Å². The Kier molecular flexibility index (Phi) is 6.47. The van der Waals surface area contributed by atoms with Gasteiger partial charge in [-0.15, -0.1) is 0 Å². The fraction of sp³-hybridized carbons (Fsp3) is 0.714. The molecule has 1 aromatic rings. The number of carbonyl (C=O) groups is 1. The first-order valence-electron chi connectivity index (χ1n) is 6.91. The minimum atomic E-state index is -0.948. The molecule has 0 aliphatic carbocycles. The molecule has 1 aromatic heterocycles. The maximum atomic E-state index is 10.8. The molecule has 0 radical (unpaired) electrons. The van der Waals surface area contributed by atoms with Gasteiger partial charge in [0.1, 0.15) is 0 Å². The van der Waals surface area contributed by atoms with Gasteiger partial charge in [0.15, 0.2) is 5.69 Å². The van der Waals surface area contributed by atoms with Gasteiger partial charge in [-0.3, -0.25) is 4.68 Å². The minimum absolute atomic E-state index is 0.149. The van der Waals surface area contributed by atoms with Crippen LogP contribution in [0.5, 0.6) is 0 Å². The van der Waals surface area contributed by atoms with Gasteiger partial charge in [-0.05, 0) is 18.9 Å². The summed E-state index contributed by atoms with van der Waals surface area (Å²) in [6.07, 6.45) is 9.82. The Morgan fingerprint density at radius 1 is 1.22 bits per heavy atom. The van der Waals surface area contributed by atoms with E-state index in [1.807, 2.05) is 7.05 Å². The maximum Gasteiger partial charge on any atom is 0.356 e. The van der Waals surface area contributed by atoms with Gasteiger partial charge in [0.05, 0.1) is 0 Å². The average molecular weight is 252 g/mol. The number of carboxylic acids is 1. The Balaban J connectivity index is 2.21. The van der Waals surface area contributed by atoms with E-state index in [-0.39, 0.29) is 5.69 Å². The third-order valence-electron chi connectivity index (χ3n) is 3.23. The lowest BCUT2D eigenvalue weighted by Gasteiger charge is -2.02. The number of rotatable bonds is 9. The van der Waals surface area contributed by atoms with Crippen LogP contribution in [0.15, 0.2) is 6.07 Å². The number of hydrogen-bond acceptors (Lipinski definition) is 2. The second-order valence-corrected chi connectivity index (χ2v) is 4.82. The summed E-state index contributed by atoms with van der Waals surface area (Å²) in [6, 6.07) is 1.68. The molecule has 0 bridgehead atoms. The van der Waals surface area contributed by atoms with Crippen molar-refractivity contribution in [3.63, 3.8) is 0 Å². The van der Waals surface area contributed by atoms with Crippen LogP contribution < -0.4 is 0 Å². The monoisotopic (exact) mass is 252 g/mol. The fourth-order valence-electron chi connectivity index (χ4n) is 2.11. The van der Waals surface area contributed by atoms with E-state index in [0.717, 1.165) is 18.5 Å². The molecule has 0 aromatic carbocycles. The number of carboxylic acid groups (broad SMARTS) is 1. The third-order valence-corrected chi connectivity index (χ3v) is 3.23. The van der Waals surface area contributed by atoms with Gasteiger partial charge in [-0.25, -0.2) is 4.79 Å². The normalized spacial score (nSPS) is 10.8. The molecule has 1 rings (SSSR count). The standard InChI is InChI=1S/C14H24N2O2/c1-3-4-5-6-7-8-9-10-12-11-13(14(17)18)15-16(12)2/h11H,3-10H2,1-2H3,(H,17,18). The lowest BCUT2D eigenvalue weighted by atomic mass is 10.1. The Labute approximate surface area is 109 Å². The van der Waals surface area contributed by atoms with Crippen LogP contribution in [-0.2, 0) is 13.5 Å². The van der Waals surface area contributed by atoms with Crippen LogP contribution >= 0.6 is 0 Å². The van der Waals surface area contributed by atoms with E-state index in [2.05, 4.69) is 12.0 Å². The van der Waals surface area contributed by atoms with E-state index in [1.165, 1.54) is 38.5 Å². The van der Waals surface area contributed by atoms with Crippen molar-refractivity contribution in [3.8, 4) is 0 Å². The second-order valence-electron chi connectivity index (χ2n) is 4.82. The molecule has 0 fully saturated rings. The molecule has 102 valence electrons. The molecule has 0 atom stereocenters. The summed E-state index contributed by atoms with van der Waals surface area (Å²) >= 11 is 0. The summed E-state index contributed by atoms with van der Waals surface area (Å²) in [7, 11) is 1.81. The van der Waals surface area contributed by atoms with E-state index < -0.39 is 5.97 Å². The molecule has 0 spiro atoms. The van der Waals surface area contributed by atoms with Gasteiger partial charge in [-0.2, -0.15) is 5.10 Å². The molecule has 4 heteroatoms. The summed E-state index contributed by atoms with van der Waals surface area (Å²) < 4.78 is 1.68. The van der Waals surface area contributed by atoms with Crippen molar-refractivity contribution in [1.82, 2.24) is 9.78 Å². The molecule has 18 heavy (non-hydrogen) atoms. The van der Waals surface area contributed by atoms with Crippen LogP contribution in [0, 0.1) is 0 Å². The van der Waals surface area contributed by atoms with Crippen LogP contribution in [0.2, 0.25) is 0 Å². The predicted molar refractivity (Wildman–Crippen MR) is 71.9 cm³/mol. The highest BCUT2D eigenvalue weighted by atomic mass is 16.4. The largest absolute Gasteiger partial charge is 0.476 e. The zero-order valence-corrected chi connectivity index (χ0v) is 11.5. The molecule has 4 nitrogen and oxygen atoms in total. The quantitative estimate of drug-likeness (QED) is 0.685. The van der Waals surface area contributed by atoms with Crippen LogP contribution in [0.4, 0.5) is 0 Å². The van der Waals surface area contributed by atoms with Gasteiger partial charge < -0.3 is 5.11 Å². The number of aromatic carboxylic acids is 1. The zero-order valence-electron chi connectivity index (χ0n) is 11.5. The van der Waals surface area contributed by atoms with Gasteiger partial charge >= 0.3 is 5.97 Å². The first-order chi connectivity index (χ1) is 8.65. The van der Waals surface area contributed by atoms with E-state index in [0.29, 0.717) is 0 Å².